The van der Waals surface area contributed by atoms with Crippen molar-refractivity contribution in [2.24, 2.45) is 11.8 Å². The maximum atomic E-state index is 3.59. The Morgan fingerprint density at radius 3 is 2.78 bits per heavy atom. The Labute approximate surface area is 141 Å². The molecular weight excluding hydrogens is 280 g/mol. The molecule has 0 spiro atoms. The van der Waals surface area contributed by atoms with Gasteiger partial charge in [-0.2, -0.15) is 0 Å². The predicted molar refractivity (Wildman–Crippen MR) is 98.1 cm³/mol. The van der Waals surface area contributed by atoms with E-state index in [4.69, 9.17) is 0 Å². The molecule has 1 saturated heterocycles. The second-order valence-electron chi connectivity index (χ2n) is 8.84. The molecule has 1 saturated carbocycles. The van der Waals surface area contributed by atoms with Crippen molar-refractivity contribution in [1.29, 1.82) is 0 Å². The number of fused-ring (bicyclic) bond motifs is 4. The minimum Gasteiger partial charge on any atom is -0.383 e. The van der Waals surface area contributed by atoms with Crippen LogP contribution in [0, 0.1) is 11.8 Å². The summed E-state index contributed by atoms with van der Waals surface area (Å²) in [6.45, 7) is 12.1. The zero-order valence-electron chi connectivity index (χ0n) is 15.2. The minimum atomic E-state index is 0.354. The summed E-state index contributed by atoms with van der Waals surface area (Å²) in [4.78, 5) is 2.83. The second kappa shape index (κ2) is 5.51. The largest absolute Gasteiger partial charge is 0.383 e. The number of nitrogens with one attached hydrogen (secondary N) is 1. The summed E-state index contributed by atoms with van der Waals surface area (Å²) in [5, 5.41) is 3.59. The van der Waals surface area contributed by atoms with E-state index in [2.05, 4.69) is 56.1 Å². The first kappa shape index (κ1) is 15.5. The number of hydrogen-bond donors (Lipinski definition) is 1. The topological polar surface area (TPSA) is 15.3 Å². The van der Waals surface area contributed by atoms with Gasteiger partial charge in [-0.1, -0.05) is 19.9 Å². The Hall–Kier alpha value is -1.02. The molecule has 2 aliphatic carbocycles. The molecule has 1 aromatic rings. The summed E-state index contributed by atoms with van der Waals surface area (Å²) in [5.41, 5.74) is 4.88. The van der Waals surface area contributed by atoms with Crippen LogP contribution >= 0.6 is 0 Å². The van der Waals surface area contributed by atoms with Crippen molar-refractivity contribution >= 4 is 5.69 Å². The highest BCUT2D eigenvalue weighted by atomic mass is 15.2. The van der Waals surface area contributed by atoms with Crippen molar-refractivity contribution in [3.63, 3.8) is 0 Å². The first-order valence-corrected chi connectivity index (χ1v) is 9.61. The Bertz CT molecular complexity index is 590. The molecule has 0 unspecified atom stereocenters. The van der Waals surface area contributed by atoms with Crippen LogP contribution in [0.25, 0.3) is 0 Å². The summed E-state index contributed by atoms with van der Waals surface area (Å²) in [7, 11) is 0. The summed E-state index contributed by atoms with van der Waals surface area (Å²) in [6.07, 6.45) is 5.50. The molecule has 0 radical (unpaired) electrons. The van der Waals surface area contributed by atoms with Gasteiger partial charge in [0.25, 0.3) is 0 Å². The number of benzene rings is 1. The van der Waals surface area contributed by atoms with E-state index in [9.17, 15) is 0 Å². The van der Waals surface area contributed by atoms with Gasteiger partial charge in [0, 0.05) is 24.3 Å². The monoisotopic (exact) mass is 312 g/mol. The van der Waals surface area contributed by atoms with Gasteiger partial charge in [0.05, 0.1) is 0 Å². The summed E-state index contributed by atoms with van der Waals surface area (Å²) < 4.78 is 0. The molecule has 2 fully saturated rings. The van der Waals surface area contributed by atoms with Crippen molar-refractivity contribution in [2.75, 3.05) is 18.4 Å². The number of nitrogens with zero attached hydrogens (tertiary/aromatic N) is 1. The number of likely N-dealkylation sites (tertiary alicyclic amines) is 1. The third-order valence-electron chi connectivity index (χ3n) is 6.77. The van der Waals surface area contributed by atoms with Crippen molar-refractivity contribution in [3.8, 4) is 0 Å². The highest BCUT2D eigenvalue weighted by Gasteiger charge is 2.48. The molecule has 2 bridgehead atoms. The Kier molecular flexibility index (Phi) is 3.72. The van der Waals surface area contributed by atoms with Crippen LogP contribution in [0.2, 0.25) is 0 Å². The van der Waals surface area contributed by atoms with Gasteiger partial charge < -0.3 is 5.32 Å². The van der Waals surface area contributed by atoms with Gasteiger partial charge in [0.15, 0.2) is 0 Å². The number of hydrogen-bond acceptors (Lipinski definition) is 2. The highest BCUT2D eigenvalue weighted by Crippen LogP contribution is 2.49. The van der Waals surface area contributed by atoms with E-state index in [-0.39, 0.29) is 0 Å². The third-order valence-corrected chi connectivity index (χ3v) is 6.77. The van der Waals surface area contributed by atoms with Gasteiger partial charge in [-0.25, -0.2) is 0 Å². The summed E-state index contributed by atoms with van der Waals surface area (Å²) in [5.74, 6) is 1.77. The van der Waals surface area contributed by atoms with E-state index >= 15 is 0 Å². The van der Waals surface area contributed by atoms with Gasteiger partial charge in [-0.05, 0) is 86.6 Å². The second-order valence-corrected chi connectivity index (χ2v) is 8.84. The number of piperidine rings is 1. The Morgan fingerprint density at radius 1 is 1.30 bits per heavy atom. The minimum absolute atomic E-state index is 0.354. The molecular formula is C21H32N2. The molecule has 0 amide bonds. The summed E-state index contributed by atoms with van der Waals surface area (Å²) >= 11 is 0. The first-order valence-electron chi connectivity index (χ1n) is 9.61. The van der Waals surface area contributed by atoms with Crippen LogP contribution in [0.15, 0.2) is 18.2 Å². The fraction of sp³-hybridized carbons (Fsp3) is 0.714. The van der Waals surface area contributed by atoms with E-state index in [1.807, 2.05) is 0 Å². The maximum Gasteiger partial charge on any atom is 0.0345 e. The van der Waals surface area contributed by atoms with Gasteiger partial charge in [0.2, 0.25) is 0 Å². The lowest BCUT2D eigenvalue weighted by molar-refractivity contribution is 0.0284. The van der Waals surface area contributed by atoms with Crippen molar-refractivity contribution in [2.45, 2.75) is 70.9 Å². The normalized spacial score (nSPS) is 33.6. The highest BCUT2D eigenvalue weighted by molar-refractivity contribution is 5.53. The molecule has 23 heavy (non-hydrogen) atoms. The fourth-order valence-electron chi connectivity index (χ4n) is 4.99. The van der Waals surface area contributed by atoms with Crippen LogP contribution in [-0.2, 0) is 11.8 Å². The van der Waals surface area contributed by atoms with Crippen LogP contribution in [0.5, 0.6) is 0 Å². The molecule has 0 aromatic heterocycles. The standard InChI is InChI=1S/C21H32N2/c1-14(2)22-18-8-7-17-11-20-15(3)21(4,19(17)12-18)9-10-23(20)13-16-5-6-16/h7-8,12,14-16,20,22H,5-6,9-11,13H2,1-4H3/t15-,20+,21+/m1/s1. The smallest absolute Gasteiger partial charge is 0.0345 e. The van der Waals surface area contributed by atoms with E-state index < -0.39 is 0 Å². The number of rotatable bonds is 4. The number of anilines is 1. The van der Waals surface area contributed by atoms with E-state index in [1.54, 1.807) is 11.1 Å². The van der Waals surface area contributed by atoms with Gasteiger partial charge in [-0.15, -0.1) is 0 Å². The van der Waals surface area contributed by atoms with Crippen molar-refractivity contribution in [1.82, 2.24) is 4.90 Å². The first-order chi connectivity index (χ1) is 11.0. The molecule has 3 atom stereocenters. The lowest BCUT2D eigenvalue weighted by Crippen LogP contribution is -2.58. The molecule has 1 aromatic carbocycles. The molecule has 2 heteroatoms. The molecule has 4 rings (SSSR count). The summed E-state index contributed by atoms with van der Waals surface area (Å²) in [6, 6.07) is 8.40. The lowest BCUT2D eigenvalue weighted by atomic mass is 9.59. The van der Waals surface area contributed by atoms with E-state index in [0.29, 0.717) is 11.5 Å². The van der Waals surface area contributed by atoms with E-state index in [1.165, 1.54) is 44.5 Å². The third kappa shape index (κ3) is 2.69. The fourth-order valence-corrected chi connectivity index (χ4v) is 4.99. The quantitative estimate of drug-likeness (QED) is 0.884. The van der Waals surface area contributed by atoms with Gasteiger partial charge >= 0.3 is 0 Å². The molecule has 126 valence electrons. The van der Waals surface area contributed by atoms with Crippen LogP contribution in [0.1, 0.15) is 58.1 Å². The zero-order chi connectivity index (χ0) is 16.2. The molecule has 3 aliphatic rings. The average molecular weight is 313 g/mol. The van der Waals surface area contributed by atoms with E-state index in [0.717, 1.165) is 17.9 Å². The SMILES string of the molecule is CC(C)Nc1ccc2c(c1)[C@@]1(C)CCN(CC3CC3)[C@@H](C2)[C@H]1C. The lowest BCUT2D eigenvalue weighted by Gasteiger charge is -2.55. The maximum absolute atomic E-state index is 3.59. The Morgan fingerprint density at radius 2 is 2.09 bits per heavy atom. The zero-order valence-corrected chi connectivity index (χ0v) is 15.2. The van der Waals surface area contributed by atoms with Crippen molar-refractivity contribution < 1.29 is 0 Å². The van der Waals surface area contributed by atoms with Crippen molar-refractivity contribution in [3.05, 3.63) is 29.3 Å². The van der Waals surface area contributed by atoms with Gasteiger partial charge in [0.1, 0.15) is 0 Å². The molecule has 1 heterocycles. The Balaban J connectivity index is 1.65. The van der Waals surface area contributed by atoms with Crippen LogP contribution < -0.4 is 5.32 Å². The molecule has 2 nitrogen and oxygen atoms in total. The molecule has 1 aliphatic heterocycles. The van der Waals surface area contributed by atoms with Crippen LogP contribution in [-0.4, -0.2) is 30.1 Å². The van der Waals surface area contributed by atoms with Crippen LogP contribution in [0.3, 0.4) is 0 Å². The van der Waals surface area contributed by atoms with Crippen LogP contribution in [0.4, 0.5) is 5.69 Å². The average Bonchev–Trinajstić information content (AvgIpc) is 3.30. The molecule has 1 N–H and O–H groups in total. The van der Waals surface area contributed by atoms with Gasteiger partial charge in [-0.3, -0.25) is 4.90 Å². The predicted octanol–water partition coefficient (Wildman–Crippen LogP) is 4.44.